The zero-order valence-corrected chi connectivity index (χ0v) is 33.8. The molecule has 4 aromatic heterocycles. The van der Waals surface area contributed by atoms with E-state index in [0.717, 1.165) is 105 Å². The molecule has 5 heteroatoms. The molecule has 0 atom stereocenters. The molecule has 10 rings (SSSR count). The molecule has 0 saturated carbocycles. The van der Waals surface area contributed by atoms with Gasteiger partial charge < -0.3 is 13.3 Å². The Balaban J connectivity index is 0.000000194. The van der Waals surface area contributed by atoms with Crippen LogP contribution in [0.1, 0.15) is 41.9 Å². The molecule has 0 unspecified atom stereocenters. The number of aryl methyl sites for hydroxylation is 1. The molecule has 0 bridgehead atoms. The van der Waals surface area contributed by atoms with E-state index < -0.39 is 0 Å². The Kier molecular flexibility index (Phi) is 10.2. The summed E-state index contributed by atoms with van der Waals surface area (Å²) in [6.45, 7) is 14.2. The third-order valence-corrected chi connectivity index (χ3v) is 10.8. The van der Waals surface area contributed by atoms with E-state index in [-0.39, 0.29) is 0 Å². The molecule has 6 aromatic carbocycles. The van der Waals surface area contributed by atoms with Gasteiger partial charge >= 0.3 is 0 Å². The van der Waals surface area contributed by atoms with Crippen LogP contribution in [0.3, 0.4) is 0 Å². The first-order chi connectivity index (χ1) is 29.5. The van der Waals surface area contributed by atoms with E-state index in [2.05, 4.69) is 92.9 Å². The quantitative estimate of drug-likeness (QED) is 0.161. The molecular weight excluding hydrogens is 737 g/mol. The molecule has 0 amide bonds. The molecule has 0 saturated heterocycles. The summed E-state index contributed by atoms with van der Waals surface area (Å²) in [5.41, 5.74) is 13.9. The summed E-state index contributed by atoms with van der Waals surface area (Å²) in [6.07, 6.45) is 7.90. The first-order valence-electron chi connectivity index (χ1n) is 20.0. The Morgan fingerprint density at radius 2 is 1.23 bits per heavy atom. The lowest BCUT2D eigenvalue weighted by Crippen LogP contribution is -2.22. The summed E-state index contributed by atoms with van der Waals surface area (Å²) in [5, 5.41) is 4.30. The number of hydrogen-bond acceptors (Lipinski definition) is 5. The Bertz CT molecular complexity index is 3380. The standard InChI is InChI=1S/C36H26N2O2.C19H16O/c1-4-26(34-27(5-2)28-16-9-10-17-30(28)39-34)24-14-11-15-25(21-24)36-37-32(23-12-7-6-8-13-23)35-33(38-36)29-20-22(3)18-19-31(29)40-35;1-3-15(14-10-6-5-7-11-14)19-16(4-2)17-12-8-9-13-18(17)20-19/h4-21H,2H2,1,3H3;3-13H,1H2,2H3/b26-4-;16-4-,19-15-. The zero-order valence-electron chi connectivity index (χ0n) is 33.8. The van der Waals surface area contributed by atoms with Crippen LogP contribution in [-0.4, -0.2) is 9.97 Å². The summed E-state index contributed by atoms with van der Waals surface area (Å²) in [4.78, 5) is 10.1. The number of para-hydroxylation sites is 2. The van der Waals surface area contributed by atoms with Crippen LogP contribution in [-0.2, 0) is 0 Å². The van der Waals surface area contributed by atoms with Gasteiger partial charge in [0.15, 0.2) is 11.4 Å². The van der Waals surface area contributed by atoms with Crippen LogP contribution >= 0.6 is 0 Å². The van der Waals surface area contributed by atoms with E-state index in [1.807, 2.05) is 117 Å². The first-order valence-corrected chi connectivity index (χ1v) is 20.0. The minimum atomic E-state index is 0.640. The number of hydrogen-bond donors (Lipinski definition) is 0. The molecule has 0 aliphatic carbocycles. The van der Waals surface area contributed by atoms with E-state index >= 15 is 0 Å². The van der Waals surface area contributed by atoms with Gasteiger partial charge in [0.25, 0.3) is 0 Å². The molecule has 0 N–H and O–H groups in total. The Labute approximate surface area is 348 Å². The molecule has 10 aromatic rings. The highest BCUT2D eigenvalue weighted by Gasteiger charge is 2.20. The van der Waals surface area contributed by atoms with Gasteiger partial charge in [-0.15, -0.1) is 0 Å². The van der Waals surface area contributed by atoms with Gasteiger partial charge in [-0.05, 0) is 62.2 Å². The first kappa shape index (κ1) is 37.8. The predicted molar refractivity (Wildman–Crippen MR) is 249 cm³/mol. The van der Waals surface area contributed by atoms with Crippen molar-refractivity contribution in [1.82, 2.24) is 9.97 Å². The van der Waals surface area contributed by atoms with Gasteiger partial charge in [-0.25, -0.2) is 9.97 Å². The van der Waals surface area contributed by atoms with Crippen molar-refractivity contribution >= 4 is 67.3 Å². The smallest absolute Gasteiger partial charge is 0.180 e. The van der Waals surface area contributed by atoms with Crippen LogP contribution in [0.25, 0.3) is 90.0 Å². The Morgan fingerprint density at radius 3 is 1.95 bits per heavy atom. The summed E-state index contributed by atoms with van der Waals surface area (Å²) in [7, 11) is 0. The van der Waals surface area contributed by atoms with E-state index in [0.29, 0.717) is 11.4 Å². The number of rotatable bonds is 7. The second-order valence-electron chi connectivity index (χ2n) is 14.5. The van der Waals surface area contributed by atoms with Crippen molar-refractivity contribution in [3.63, 3.8) is 0 Å². The molecule has 0 spiro atoms. The van der Waals surface area contributed by atoms with E-state index in [9.17, 15) is 0 Å². The van der Waals surface area contributed by atoms with Crippen LogP contribution in [0.2, 0.25) is 0 Å². The number of fused-ring (bicyclic) bond motifs is 5. The number of benzene rings is 6. The van der Waals surface area contributed by atoms with E-state index in [4.69, 9.17) is 23.2 Å². The third kappa shape index (κ3) is 6.86. The molecule has 4 heterocycles. The van der Waals surface area contributed by atoms with Crippen molar-refractivity contribution in [2.45, 2.75) is 20.8 Å². The SMILES string of the molecule is C=C/C(c1ccccc1)=c1/oc2ccccc2/c1=C/C.C=Cc1c(/C(=C\C)c2cccc(-c3nc(-c4ccccc4)c4oc5ccc(C)cc5c4n3)c2)oc2ccccc12. The minimum absolute atomic E-state index is 0.640. The molecule has 0 aliphatic heterocycles. The maximum atomic E-state index is 6.34. The van der Waals surface area contributed by atoms with Crippen LogP contribution in [0, 0.1) is 6.92 Å². The summed E-state index contributed by atoms with van der Waals surface area (Å²) >= 11 is 0. The molecule has 290 valence electrons. The van der Waals surface area contributed by atoms with Crippen LogP contribution in [0.15, 0.2) is 190 Å². The van der Waals surface area contributed by atoms with Gasteiger partial charge in [-0.3, -0.25) is 0 Å². The lowest BCUT2D eigenvalue weighted by molar-refractivity contribution is 0.573. The normalized spacial score (nSPS) is 12.5. The summed E-state index contributed by atoms with van der Waals surface area (Å²) < 4.78 is 18.7. The fraction of sp³-hybridized carbons (Fsp3) is 0.0545. The monoisotopic (exact) mass is 778 g/mol. The average Bonchev–Trinajstić information content (AvgIpc) is 3.98. The molecule has 0 radical (unpaired) electrons. The largest absolute Gasteiger partial charge is 0.455 e. The zero-order chi connectivity index (χ0) is 41.2. The Hall–Kier alpha value is -7.76. The second kappa shape index (κ2) is 16.2. The van der Waals surface area contributed by atoms with E-state index in [1.54, 1.807) is 0 Å². The van der Waals surface area contributed by atoms with Crippen molar-refractivity contribution in [3.8, 4) is 22.6 Å². The number of allylic oxidation sites excluding steroid dienone is 2. The van der Waals surface area contributed by atoms with Gasteiger partial charge in [0.2, 0.25) is 0 Å². The van der Waals surface area contributed by atoms with Crippen molar-refractivity contribution < 1.29 is 13.3 Å². The van der Waals surface area contributed by atoms with Gasteiger partial charge in [-0.1, -0.05) is 164 Å². The lowest BCUT2D eigenvalue weighted by atomic mass is 9.97. The molecule has 0 fully saturated rings. The number of aromatic nitrogens is 2. The van der Waals surface area contributed by atoms with Crippen molar-refractivity contribution in [2.24, 2.45) is 0 Å². The summed E-state index contributed by atoms with van der Waals surface area (Å²) in [6, 6.07) is 51.0. The van der Waals surface area contributed by atoms with Crippen LogP contribution < -0.4 is 10.6 Å². The van der Waals surface area contributed by atoms with Crippen LogP contribution in [0.5, 0.6) is 0 Å². The van der Waals surface area contributed by atoms with Crippen molar-refractivity contribution in [3.05, 3.63) is 216 Å². The van der Waals surface area contributed by atoms with Crippen LogP contribution in [0.4, 0.5) is 0 Å². The lowest BCUT2D eigenvalue weighted by Gasteiger charge is -2.10. The minimum Gasteiger partial charge on any atom is -0.455 e. The fourth-order valence-corrected chi connectivity index (χ4v) is 7.91. The number of nitrogens with zero attached hydrogens (tertiary/aromatic N) is 2. The topological polar surface area (TPSA) is 65.2 Å². The summed E-state index contributed by atoms with van der Waals surface area (Å²) in [5.74, 6) is 1.44. The highest BCUT2D eigenvalue weighted by molar-refractivity contribution is 6.07. The molecule has 60 heavy (non-hydrogen) atoms. The molecule has 0 aliphatic rings. The average molecular weight is 779 g/mol. The van der Waals surface area contributed by atoms with Gasteiger partial charge in [0.1, 0.15) is 39.1 Å². The highest BCUT2D eigenvalue weighted by Crippen LogP contribution is 2.38. The second-order valence-corrected chi connectivity index (χ2v) is 14.5. The Morgan fingerprint density at radius 1 is 0.583 bits per heavy atom. The van der Waals surface area contributed by atoms with E-state index in [1.165, 1.54) is 0 Å². The highest BCUT2D eigenvalue weighted by atomic mass is 16.3. The molecule has 5 nitrogen and oxygen atoms in total. The van der Waals surface area contributed by atoms with Gasteiger partial charge in [0, 0.05) is 49.2 Å². The predicted octanol–water partition coefficient (Wildman–Crippen LogP) is 13.5. The number of furan rings is 3. The third-order valence-electron chi connectivity index (χ3n) is 10.8. The maximum absolute atomic E-state index is 6.34. The fourth-order valence-electron chi connectivity index (χ4n) is 7.91. The van der Waals surface area contributed by atoms with Crippen molar-refractivity contribution in [1.29, 1.82) is 0 Å². The van der Waals surface area contributed by atoms with Gasteiger partial charge in [-0.2, -0.15) is 0 Å². The van der Waals surface area contributed by atoms with Crippen molar-refractivity contribution in [2.75, 3.05) is 0 Å². The maximum Gasteiger partial charge on any atom is 0.180 e. The van der Waals surface area contributed by atoms with Gasteiger partial charge in [0.05, 0.1) is 0 Å². The molecular formula is C55H42N2O3.